The van der Waals surface area contributed by atoms with Gasteiger partial charge in [-0.1, -0.05) is 103 Å². The predicted molar refractivity (Wildman–Crippen MR) is 214 cm³/mol. The number of likely N-dealkylation sites (N-methyl/N-ethyl adjacent to an activating group) is 1. The molecular formula is C46H49N3O7. The fourth-order valence-electron chi connectivity index (χ4n) is 9.07. The van der Waals surface area contributed by atoms with Gasteiger partial charge in [0, 0.05) is 25.7 Å². The highest BCUT2D eigenvalue weighted by molar-refractivity contribution is 6.05. The number of anilines is 1. The molecule has 7 rings (SSSR count). The molecule has 3 heterocycles. The summed E-state index contributed by atoms with van der Waals surface area (Å²) >= 11 is 0. The number of amides is 3. The molecule has 3 fully saturated rings. The first-order valence-corrected chi connectivity index (χ1v) is 19.3. The van der Waals surface area contributed by atoms with Crippen LogP contribution in [0.15, 0.2) is 128 Å². The molecular weight excluding hydrogens is 707 g/mol. The first-order chi connectivity index (χ1) is 27.1. The van der Waals surface area contributed by atoms with Gasteiger partial charge in [-0.25, -0.2) is 0 Å². The van der Waals surface area contributed by atoms with Crippen LogP contribution in [-0.4, -0.2) is 82.6 Å². The molecule has 2 bridgehead atoms. The van der Waals surface area contributed by atoms with Gasteiger partial charge in [-0.05, 0) is 60.2 Å². The van der Waals surface area contributed by atoms with Gasteiger partial charge in [-0.3, -0.25) is 19.2 Å². The van der Waals surface area contributed by atoms with E-state index in [9.17, 15) is 14.7 Å². The number of hydrogen-bond donors (Lipinski definition) is 1. The second kappa shape index (κ2) is 16.3. The third-order valence-electron chi connectivity index (χ3n) is 11.9. The fourth-order valence-corrected chi connectivity index (χ4v) is 9.07. The van der Waals surface area contributed by atoms with Crippen LogP contribution in [0.4, 0.5) is 5.69 Å². The summed E-state index contributed by atoms with van der Waals surface area (Å²) in [6.45, 7) is 9.20. The van der Waals surface area contributed by atoms with Gasteiger partial charge in [0.15, 0.2) is 0 Å². The summed E-state index contributed by atoms with van der Waals surface area (Å²) in [6, 6.07) is 29.3. The van der Waals surface area contributed by atoms with Gasteiger partial charge in [0.25, 0.3) is 5.91 Å². The molecule has 4 aromatic carbocycles. The van der Waals surface area contributed by atoms with Crippen molar-refractivity contribution in [2.45, 2.75) is 68.5 Å². The number of ether oxygens (including phenoxy) is 2. The van der Waals surface area contributed by atoms with E-state index in [0.29, 0.717) is 36.1 Å². The number of rotatable bonds is 15. The summed E-state index contributed by atoms with van der Waals surface area (Å²) in [5, 5.41) is 12.9. The highest BCUT2D eigenvalue weighted by atomic mass is 16.6. The molecule has 290 valence electrons. The molecule has 0 saturated carbocycles. The lowest BCUT2D eigenvalue weighted by molar-refractivity contribution is -0.165. The maximum Gasteiger partial charge on any atom is 0.313 e. The van der Waals surface area contributed by atoms with Crippen LogP contribution in [-0.2, 0) is 28.7 Å². The molecule has 0 radical (unpaired) electrons. The van der Waals surface area contributed by atoms with Gasteiger partial charge in [0.05, 0.1) is 36.6 Å². The third-order valence-corrected chi connectivity index (χ3v) is 11.9. The Hall–Kier alpha value is -5.58. The molecule has 10 heteroatoms. The van der Waals surface area contributed by atoms with E-state index < -0.39 is 72.2 Å². The monoisotopic (exact) mass is 755 g/mol. The lowest BCUT2D eigenvalue weighted by atomic mass is 9.70. The van der Waals surface area contributed by atoms with E-state index in [4.69, 9.17) is 9.47 Å². The normalized spacial score (nSPS) is 23.9. The molecule has 10 nitrogen and oxygen atoms in total. The number of aliphatic hydroxyl groups excluding tert-OH is 1. The zero-order chi connectivity index (χ0) is 39.6. The average molecular weight is 756 g/mol. The predicted octanol–water partition coefficient (Wildman–Crippen LogP) is 6.56. The first-order valence-electron chi connectivity index (χ1n) is 19.3. The van der Waals surface area contributed by atoms with Crippen LogP contribution in [0.2, 0.25) is 0 Å². The number of likely N-dealkylation sites (tertiary alicyclic amines) is 1. The van der Waals surface area contributed by atoms with E-state index in [0.717, 1.165) is 10.8 Å². The largest absolute Gasteiger partial charge is 0.455 e. The Morgan fingerprint density at radius 2 is 1.61 bits per heavy atom. The maximum absolute atomic E-state index is 15.3. The molecule has 3 aliphatic heterocycles. The van der Waals surface area contributed by atoms with Crippen molar-refractivity contribution in [3.05, 3.63) is 140 Å². The van der Waals surface area contributed by atoms with Crippen molar-refractivity contribution in [1.82, 2.24) is 9.80 Å². The molecule has 1 spiro atoms. The van der Waals surface area contributed by atoms with Gasteiger partial charge in [-0.15, -0.1) is 13.2 Å². The number of carbonyl (C=O) groups excluding carboxylic acids is 4. The average Bonchev–Trinajstić information content (AvgIpc) is 3.88. The van der Waals surface area contributed by atoms with Gasteiger partial charge >= 0.3 is 5.97 Å². The molecule has 3 saturated heterocycles. The van der Waals surface area contributed by atoms with E-state index in [-0.39, 0.29) is 18.9 Å². The van der Waals surface area contributed by atoms with Crippen LogP contribution in [0, 0.1) is 11.8 Å². The highest BCUT2D eigenvalue weighted by Crippen LogP contribution is 2.60. The minimum absolute atomic E-state index is 0.119. The zero-order valence-corrected chi connectivity index (χ0v) is 31.9. The smallest absolute Gasteiger partial charge is 0.313 e. The van der Waals surface area contributed by atoms with Gasteiger partial charge in [0.1, 0.15) is 17.7 Å². The molecule has 0 aromatic heterocycles. The first kappa shape index (κ1) is 38.7. The van der Waals surface area contributed by atoms with Crippen molar-refractivity contribution in [1.29, 1.82) is 0 Å². The van der Waals surface area contributed by atoms with Crippen LogP contribution in [0.5, 0.6) is 0 Å². The van der Waals surface area contributed by atoms with E-state index in [1.807, 2.05) is 110 Å². The topological polar surface area (TPSA) is 117 Å². The molecule has 3 aliphatic rings. The highest BCUT2D eigenvalue weighted by Gasteiger charge is 2.76. The minimum Gasteiger partial charge on any atom is -0.455 e. The van der Waals surface area contributed by atoms with Crippen LogP contribution in [0.25, 0.3) is 10.8 Å². The second-order valence-corrected chi connectivity index (χ2v) is 15.0. The molecule has 1 N–H and O–H groups in total. The van der Waals surface area contributed by atoms with Crippen molar-refractivity contribution >= 4 is 40.2 Å². The number of carbonyl (C=O) groups is 4. The number of nitrogens with zero attached hydrogens (tertiary/aromatic N) is 3. The summed E-state index contributed by atoms with van der Waals surface area (Å²) in [6.07, 6.45) is 3.36. The molecule has 8 atom stereocenters. The van der Waals surface area contributed by atoms with Crippen molar-refractivity contribution < 1.29 is 33.8 Å². The minimum atomic E-state index is -1.37. The molecule has 0 aliphatic carbocycles. The van der Waals surface area contributed by atoms with Gasteiger partial charge < -0.3 is 29.3 Å². The summed E-state index contributed by atoms with van der Waals surface area (Å²) in [4.78, 5) is 62.9. The van der Waals surface area contributed by atoms with Crippen molar-refractivity contribution in [3.63, 3.8) is 0 Å². The van der Waals surface area contributed by atoms with E-state index >= 15 is 9.59 Å². The van der Waals surface area contributed by atoms with Crippen LogP contribution in [0.3, 0.4) is 0 Å². The summed E-state index contributed by atoms with van der Waals surface area (Å²) < 4.78 is 13.2. The lowest BCUT2D eigenvalue weighted by Crippen LogP contribution is -2.57. The lowest BCUT2D eigenvalue weighted by Gasteiger charge is -2.39. The molecule has 4 aromatic rings. The summed E-state index contributed by atoms with van der Waals surface area (Å²) in [7, 11) is 1.69. The molecule has 0 unspecified atom stereocenters. The van der Waals surface area contributed by atoms with Crippen molar-refractivity contribution in [2.75, 3.05) is 25.1 Å². The number of fused-ring (bicyclic) bond motifs is 2. The van der Waals surface area contributed by atoms with Crippen LogP contribution in [0.1, 0.15) is 55.9 Å². The number of benzene rings is 4. The molecule has 3 amide bonds. The summed E-state index contributed by atoms with van der Waals surface area (Å²) in [5.74, 6) is -3.68. The van der Waals surface area contributed by atoms with Crippen molar-refractivity contribution in [2.24, 2.45) is 11.8 Å². The standard InChI is InChI=1S/C46H49N3O7/c1-5-7-22-38(51)47(4)30(3)41(33-19-12-9-13-20-33)55-45(54)39-37-25-26-46(56-37)40(39)43(52)49(36(29-50)32-17-10-8-11-18-32)42(46)44(53)48(27-6-2)35-24-23-31-16-14-15-21-34(31)28-35/h5-6,8-21,23-24,28,30,36-37,39-42,50H,1-2,7,22,25-27,29H2,3-4H3/t30-,36+,37-,39+,40+,41+,42-,46+/m0/s1. The quantitative estimate of drug-likeness (QED) is 0.108. The van der Waals surface area contributed by atoms with Crippen LogP contribution < -0.4 is 4.90 Å². The van der Waals surface area contributed by atoms with E-state index in [1.54, 1.807) is 29.0 Å². The number of aliphatic hydroxyl groups is 1. The third kappa shape index (κ3) is 6.81. The Labute approximate surface area is 328 Å². The molecule has 56 heavy (non-hydrogen) atoms. The van der Waals surface area contributed by atoms with Crippen molar-refractivity contribution in [3.8, 4) is 0 Å². The van der Waals surface area contributed by atoms with E-state index in [1.165, 1.54) is 4.90 Å². The SMILES string of the molecule is C=CCCC(=O)N(C)[C@@H](C)[C@@H](OC(=O)[C@@H]1[C@@H]2CC[C@]3(O2)[C@H](C(=O)N(CC=C)c2ccc4ccccc4c2)N([C@H](CO)c2ccccc2)C(=O)[C@@H]13)c1ccccc1. The fraction of sp³-hybridized carbons (Fsp3) is 0.348. The Bertz CT molecular complexity index is 2110. The van der Waals surface area contributed by atoms with Gasteiger partial charge in [0.2, 0.25) is 11.8 Å². The number of allylic oxidation sites excluding steroid dienone is 1. The summed E-state index contributed by atoms with van der Waals surface area (Å²) in [5.41, 5.74) is 0.597. The Balaban J connectivity index is 1.28. The zero-order valence-electron chi connectivity index (χ0n) is 31.9. The Kier molecular flexibility index (Phi) is 11.2. The number of esters is 1. The maximum atomic E-state index is 15.3. The Morgan fingerprint density at radius 3 is 2.27 bits per heavy atom. The van der Waals surface area contributed by atoms with Gasteiger partial charge in [-0.2, -0.15) is 0 Å². The van der Waals surface area contributed by atoms with E-state index in [2.05, 4.69) is 13.2 Å². The van der Waals surface area contributed by atoms with Crippen LogP contribution >= 0.6 is 0 Å². The second-order valence-electron chi connectivity index (χ2n) is 15.0. The Morgan fingerprint density at radius 1 is 0.946 bits per heavy atom. The number of hydrogen-bond acceptors (Lipinski definition) is 7.